The lowest BCUT2D eigenvalue weighted by atomic mass is 10.2. The molecule has 0 unspecified atom stereocenters. The molecule has 98 valence electrons. The third-order valence-corrected chi connectivity index (χ3v) is 2.68. The van der Waals surface area contributed by atoms with E-state index in [1.54, 1.807) is 25.1 Å². The molecule has 0 radical (unpaired) electrons. The Morgan fingerprint density at radius 2 is 2.21 bits per heavy atom. The number of nitrogens with zero attached hydrogens (tertiary/aromatic N) is 1. The van der Waals surface area contributed by atoms with Crippen molar-refractivity contribution in [3.8, 4) is 0 Å². The highest BCUT2D eigenvalue weighted by Gasteiger charge is 2.11. The summed E-state index contributed by atoms with van der Waals surface area (Å²) in [5, 5.41) is 13.3. The Kier molecular flexibility index (Phi) is 3.61. The van der Waals surface area contributed by atoms with Crippen LogP contribution in [0.15, 0.2) is 41.0 Å². The number of nitro benzene ring substituents is 1. The topological polar surface area (TPSA) is 85.4 Å². The quantitative estimate of drug-likeness (QED) is 0.675. The maximum atomic E-state index is 11.8. The summed E-state index contributed by atoms with van der Waals surface area (Å²) in [5.41, 5.74) is 1.14. The molecule has 2 rings (SSSR count). The van der Waals surface area contributed by atoms with E-state index < -0.39 is 4.92 Å². The van der Waals surface area contributed by atoms with Crippen molar-refractivity contribution in [1.82, 2.24) is 5.32 Å². The smallest absolute Gasteiger partial charge is 0.269 e. The molecule has 1 aromatic heterocycles. The van der Waals surface area contributed by atoms with Gasteiger partial charge in [-0.1, -0.05) is 12.1 Å². The predicted molar refractivity (Wildman–Crippen MR) is 67.7 cm³/mol. The number of non-ortho nitro benzene ring substituents is 1. The summed E-state index contributed by atoms with van der Waals surface area (Å²) in [7, 11) is 0. The Labute approximate surface area is 109 Å². The fraction of sp³-hybridized carbons (Fsp3) is 0.154. The lowest BCUT2D eigenvalue weighted by Gasteiger charge is -2.04. The second-order valence-corrected chi connectivity index (χ2v) is 4.00. The first-order chi connectivity index (χ1) is 9.08. The number of carbonyl (C=O) groups excluding carboxylic acids is 1. The van der Waals surface area contributed by atoms with Crippen molar-refractivity contribution in [1.29, 1.82) is 0 Å². The molecule has 1 amide bonds. The van der Waals surface area contributed by atoms with Crippen LogP contribution in [0.4, 0.5) is 5.69 Å². The molecule has 0 atom stereocenters. The maximum Gasteiger partial charge on any atom is 0.269 e. The van der Waals surface area contributed by atoms with E-state index >= 15 is 0 Å². The Morgan fingerprint density at radius 1 is 1.42 bits per heavy atom. The molecule has 1 N–H and O–H groups in total. The van der Waals surface area contributed by atoms with Crippen LogP contribution in [0.5, 0.6) is 0 Å². The molecule has 0 aliphatic carbocycles. The summed E-state index contributed by atoms with van der Waals surface area (Å²) < 4.78 is 5.04. The van der Waals surface area contributed by atoms with Crippen LogP contribution in [0, 0.1) is 17.0 Å². The fourth-order valence-corrected chi connectivity index (χ4v) is 1.68. The number of hydrogen-bond acceptors (Lipinski definition) is 4. The summed E-state index contributed by atoms with van der Waals surface area (Å²) in [6.07, 6.45) is 1.44. The van der Waals surface area contributed by atoms with E-state index in [9.17, 15) is 14.9 Å². The minimum absolute atomic E-state index is 0.00578. The second-order valence-electron chi connectivity index (χ2n) is 4.00. The Bertz CT molecular complexity index is 619. The molecule has 0 spiro atoms. The molecule has 6 nitrogen and oxygen atoms in total. The molecular formula is C13H12N2O4. The first kappa shape index (κ1) is 12.8. The average molecular weight is 260 g/mol. The van der Waals surface area contributed by atoms with E-state index in [0.717, 1.165) is 0 Å². The maximum absolute atomic E-state index is 11.8. The van der Waals surface area contributed by atoms with Gasteiger partial charge in [0.1, 0.15) is 5.76 Å². The molecule has 1 aromatic carbocycles. The highest BCUT2D eigenvalue weighted by atomic mass is 16.6. The van der Waals surface area contributed by atoms with Crippen molar-refractivity contribution in [2.24, 2.45) is 0 Å². The normalized spacial score (nSPS) is 10.2. The number of furan rings is 1. The zero-order valence-corrected chi connectivity index (χ0v) is 10.3. The molecule has 0 fully saturated rings. The van der Waals surface area contributed by atoms with E-state index in [4.69, 9.17) is 4.42 Å². The van der Waals surface area contributed by atoms with Gasteiger partial charge in [0.15, 0.2) is 0 Å². The number of nitro groups is 1. The van der Waals surface area contributed by atoms with Gasteiger partial charge in [-0.2, -0.15) is 0 Å². The van der Waals surface area contributed by atoms with Crippen molar-refractivity contribution in [2.75, 3.05) is 0 Å². The highest BCUT2D eigenvalue weighted by molar-refractivity contribution is 5.94. The molecule has 0 aliphatic rings. The van der Waals surface area contributed by atoms with Crippen LogP contribution in [0.1, 0.15) is 21.7 Å². The number of hydrogen-bond donors (Lipinski definition) is 1. The average Bonchev–Trinajstić information content (AvgIpc) is 2.82. The van der Waals surface area contributed by atoms with Crippen molar-refractivity contribution in [3.05, 3.63) is 63.6 Å². The van der Waals surface area contributed by atoms with Gasteiger partial charge in [0, 0.05) is 18.7 Å². The Morgan fingerprint density at radius 3 is 2.84 bits per heavy atom. The van der Waals surface area contributed by atoms with E-state index in [2.05, 4.69) is 5.32 Å². The molecule has 0 saturated heterocycles. The Balaban J connectivity index is 2.03. The van der Waals surface area contributed by atoms with Crippen LogP contribution in [0.2, 0.25) is 0 Å². The number of rotatable bonds is 4. The zero-order chi connectivity index (χ0) is 13.8. The summed E-state index contributed by atoms with van der Waals surface area (Å²) in [6, 6.07) is 7.73. The van der Waals surface area contributed by atoms with Crippen molar-refractivity contribution in [2.45, 2.75) is 13.5 Å². The minimum Gasteiger partial charge on any atom is -0.469 e. The monoisotopic (exact) mass is 260 g/mol. The molecule has 0 saturated carbocycles. The van der Waals surface area contributed by atoms with Crippen LogP contribution in [-0.2, 0) is 6.54 Å². The van der Waals surface area contributed by atoms with Gasteiger partial charge < -0.3 is 9.73 Å². The summed E-state index contributed by atoms with van der Waals surface area (Å²) in [4.78, 5) is 22.0. The van der Waals surface area contributed by atoms with Crippen molar-refractivity contribution in [3.63, 3.8) is 0 Å². The van der Waals surface area contributed by atoms with E-state index in [1.165, 1.54) is 18.4 Å². The van der Waals surface area contributed by atoms with Crippen LogP contribution in [0.3, 0.4) is 0 Å². The second kappa shape index (κ2) is 5.34. The fourth-order valence-electron chi connectivity index (χ4n) is 1.68. The highest BCUT2D eigenvalue weighted by Crippen LogP contribution is 2.13. The van der Waals surface area contributed by atoms with Gasteiger partial charge in [0.05, 0.1) is 16.7 Å². The van der Waals surface area contributed by atoms with E-state index in [-0.39, 0.29) is 18.1 Å². The first-order valence-corrected chi connectivity index (χ1v) is 5.63. The molecule has 19 heavy (non-hydrogen) atoms. The van der Waals surface area contributed by atoms with Gasteiger partial charge >= 0.3 is 0 Å². The van der Waals surface area contributed by atoms with Crippen LogP contribution >= 0.6 is 0 Å². The molecule has 6 heteroatoms. The predicted octanol–water partition coefficient (Wildman–Crippen LogP) is 2.43. The van der Waals surface area contributed by atoms with Crippen LogP contribution in [-0.4, -0.2) is 10.8 Å². The number of aryl methyl sites for hydroxylation is 1. The third kappa shape index (κ3) is 2.98. The molecule has 0 aliphatic heterocycles. The lowest BCUT2D eigenvalue weighted by molar-refractivity contribution is -0.384. The first-order valence-electron chi connectivity index (χ1n) is 5.63. The molecule has 1 heterocycles. The largest absolute Gasteiger partial charge is 0.469 e. The number of carbonyl (C=O) groups is 1. The van der Waals surface area contributed by atoms with Crippen LogP contribution in [0.25, 0.3) is 0 Å². The van der Waals surface area contributed by atoms with Gasteiger partial charge in [0.2, 0.25) is 0 Å². The SMILES string of the molecule is Cc1occc1C(=O)NCc1cccc([N+](=O)[O-])c1. The van der Waals surface area contributed by atoms with E-state index in [1.807, 2.05) is 0 Å². The molecule has 0 bridgehead atoms. The van der Waals surface area contributed by atoms with Gasteiger partial charge in [-0.25, -0.2) is 0 Å². The summed E-state index contributed by atoms with van der Waals surface area (Å²) in [5.74, 6) is 0.272. The summed E-state index contributed by atoms with van der Waals surface area (Å²) >= 11 is 0. The number of benzene rings is 1. The third-order valence-electron chi connectivity index (χ3n) is 2.68. The van der Waals surface area contributed by atoms with Gasteiger partial charge in [-0.15, -0.1) is 0 Å². The van der Waals surface area contributed by atoms with Gasteiger partial charge in [0.25, 0.3) is 11.6 Å². The minimum atomic E-state index is -0.467. The molecular weight excluding hydrogens is 248 g/mol. The molecule has 2 aromatic rings. The van der Waals surface area contributed by atoms with Gasteiger partial charge in [-0.3, -0.25) is 14.9 Å². The summed E-state index contributed by atoms with van der Waals surface area (Å²) in [6.45, 7) is 1.92. The van der Waals surface area contributed by atoms with E-state index in [0.29, 0.717) is 16.9 Å². The van der Waals surface area contributed by atoms with Crippen molar-refractivity contribution >= 4 is 11.6 Å². The standard InChI is InChI=1S/C13H12N2O4/c1-9-12(5-6-19-9)13(16)14-8-10-3-2-4-11(7-10)15(17)18/h2-7H,8H2,1H3,(H,14,16). The number of amides is 1. The van der Waals surface area contributed by atoms with Crippen LogP contribution < -0.4 is 5.32 Å². The van der Waals surface area contributed by atoms with Crippen molar-refractivity contribution < 1.29 is 14.1 Å². The number of nitrogens with one attached hydrogen (secondary N) is 1. The van der Waals surface area contributed by atoms with Gasteiger partial charge in [-0.05, 0) is 18.6 Å². The lowest BCUT2D eigenvalue weighted by Crippen LogP contribution is -2.22. The Hall–Kier alpha value is -2.63. The zero-order valence-electron chi connectivity index (χ0n) is 10.3.